The van der Waals surface area contributed by atoms with Gasteiger partial charge in [0.05, 0.1) is 0 Å². The van der Waals surface area contributed by atoms with Gasteiger partial charge in [0.1, 0.15) is 19.0 Å². The molecule has 0 atom stereocenters. The second-order valence-electron chi connectivity index (χ2n) is 5.50. The Morgan fingerprint density at radius 1 is 1.22 bits per heavy atom. The van der Waals surface area contributed by atoms with Gasteiger partial charge in [0, 0.05) is 35.9 Å². The van der Waals surface area contributed by atoms with Gasteiger partial charge in [-0.1, -0.05) is 0 Å². The summed E-state index contributed by atoms with van der Waals surface area (Å²) >= 11 is 0. The first-order chi connectivity index (χ1) is 11.2. The third kappa shape index (κ3) is 3.48. The van der Waals surface area contributed by atoms with E-state index >= 15 is 0 Å². The van der Waals surface area contributed by atoms with Gasteiger partial charge in [0.25, 0.3) is 0 Å². The summed E-state index contributed by atoms with van der Waals surface area (Å²) in [6.07, 6.45) is 2.70. The fraction of sp³-hybridized carbons (Fsp3) is 0.353. The molecule has 0 saturated heterocycles. The predicted octanol–water partition coefficient (Wildman–Crippen LogP) is 2.17. The van der Waals surface area contributed by atoms with Crippen molar-refractivity contribution < 1.29 is 9.47 Å². The van der Waals surface area contributed by atoms with Gasteiger partial charge in [-0.3, -0.25) is 4.68 Å². The molecule has 0 aliphatic heterocycles. The summed E-state index contributed by atoms with van der Waals surface area (Å²) in [5.41, 5.74) is 9.25. The lowest BCUT2D eigenvalue weighted by Gasteiger charge is -2.07. The van der Waals surface area contributed by atoms with Gasteiger partial charge in [-0.2, -0.15) is 0 Å². The van der Waals surface area contributed by atoms with Crippen LogP contribution in [0.5, 0.6) is 11.6 Å². The number of nitrogens with two attached hydrogens (primary N) is 1. The molecule has 2 heterocycles. The van der Waals surface area contributed by atoms with Crippen LogP contribution < -0.4 is 15.2 Å². The molecule has 0 spiro atoms. The van der Waals surface area contributed by atoms with Crippen LogP contribution in [0.25, 0.3) is 10.9 Å². The highest BCUT2D eigenvalue weighted by Gasteiger charge is 2.09. The average Bonchev–Trinajstić information content (AvgIpc) is 3.08. The molecule has 122 valence electrons. The summed E-state index contributed by atoms with van der Waals surface area (Å²) in [6.45, 7) is 3.64. The van der Waals surface area contributed by atoms with E-state index < -0.39 is 0 Å². The first kappa shape index (κ1) is 15.4. The van der Waals surface area contributed by atoms with Crippen molar-refractivity contribution >= 4 is 10.9 Å². The smallest absolute Gasteiger partial charge is 0.232 e. The molecule has 3 rings (SSSR count). The van der Waals surface area contributed by atoms with E-state index in [2.05, 4.69) is 23.1 Å². The van der Waals surface area contributed by atoms with Crippen molar-refractivity contribution in [3.63, 3.8) is 0 Å². The fourth-order valence-corrected chi connectivity index (χ4v) is 2.69. The van der Waals surface area contributed by atoms with Crippen molar-refractivity contribution in [2.24, 2.45) is 12.8 Å². The normalized spacial score (nSPS) is 11.1. The van der Waals surface area contributed by atoms with Gasteiger partial charge < -0.3 is 20.2 Å². The predicted molar refractivity (Wildman–Crippen MR) is 90.0 cm³/mol. The van der Waals surface area contributed by atoms with Crippen molar-refractivity contribution in [2.75, 3.05) is 19.8 Å². The topological polar surface area (TPSA) is 78.1 Å². The number of aryl methyl sites for hydroxylation is 2. The number of H-pyrrole nitrogens is 1. The SMILES string of the molecule is Cc1[nH]c2ccc(OCCOc3ccn(C)n3)cc2c1CCN. The van der Waals surface area contributed by atoms with Crippen LogP contribution in [0.1, 0.15) is 11.3 Å². The van der Waals surface area contributed by atoms with Gasteiger partial charge >= 0.3 is 0 Å². The van der Waals surface area contributed by atoms with Gasteiger partial charge in [-0.25, -0.2) is 0 Å². The Morgan fingerprint density at radius 2 is 2.04 bits per heavy atom. The highest BCUT2D eigenvalue weighted by atomic mass is 16.5. The molecule has 6 nitrogen and oxygen atoms in total. The average molecular weight is 314 g/mol. The van der Waals surface area contributed by atoms with Crippen LogP contribution in [-0.2, 0) is 13.5 Å². The zero-order valence-corrected chi connectivity index (χ0v) is 13.5. The number of hydrogen-bond acceptors (Lipinski definition) is 4. The maximum Gasteiger partial charge on any atom is 0.232 e. The van der Waals surface area contributed by atoms with E-state index in [9.17, 15) is 0 Å². The number of nitrogens with zero attached hydrogens (tertiary/aromatic N) is 2. The molecule has 0 aliphatic rings. The Hall–Kier alpha value is -2.47. The summed E-state index contributed by atoms with van der Waals surface area (Å²) < 4.78 is 13.0. The number of nitrogens with one attached hydrogen (secondary N) is 1. The lowest BCUT2D eigenvalue weighted by atomic mass is 10.1. The molecule has 6 heteroatoms. The maximum absolute atomic E-state index is 5.78. The van der Waals surface area contributed by atoms with E-state index in [1.165, 1.54) is 16.6 Å². The minimum Gasteiger partial charge on any atom is -0.490 e. The first-order valence-corrected chi connectivity index (χ1v) is 7.74. The van der Waals surface area contributed by atoms with Crippen LogP contribution in [0, 0.1) is 6.92 Å². The molecule has 0 radical (unpaired) electrons. The van der Waals surface area contributed by atoms with E-state index in [4.69, 9.17) is 15.2 Å². The van der Waals surface area contributed by atoms with Crippen LogP contribution in [-0.4, -0.2) is 34.5 Å². The van der Waals surface area contributed by atoms with E-state index in [-0.39, 0.29) is 0 Å². The molecule has 1 aromatic carbocycles. The maximum atomic E-state index is 5.78. The van der Waals surface area contributed by atoms with Crippen molar-refractivity contribution in [3.8, 4) is 11.6 Å². The standard InChI is InChI=1S/C17H22N4O2/c1-12-14(5-7-18)15-11-13(3-4-16(15)19-12)22-9-10-23-17-6-8-21(2)20-17/h3-4,6,8,11,19H,5,7,9-10,18H2,1-2H3. The number of fused-ring (bicyclic) bond motifs is 1. The van der Waals surface area contributed by atoms with Crippen LogP contribution in [0.4, 0.5) is 0 Å². The molecule has 0 saturated carbocycles. The summed E-state index contributed by atoms with van der Waals surface area (Å²) in [5.74, 6) is 1.44. The third-order valence-corrected chi connectivity index (χ3v) is 3.78. The van der Waals surface area contributed by atoms with Gasteiger partial charge in [-0.15, -0.1) is 5.10 Å². The summed E-state index contributed by atoms with van der Waals surface area (Å²) in [4.78, 5) is 3.38. The molecular formula is C17H22N4O2. The Labute approximate surface area is 135 Å². The quantitative estimate of drug-likeness (QED) is 0.655. The number of rotatable bonds is 7. The van der Waals surface area contributed by atoms with Crippen LogP contribution in [0.3, 0.4) is 0 Å². The molecule has 3 aromatic rings. The first-order valence-electron chi connectivity index (χ1n) is 7.74. The molecule has 2 aromatic heterocycles. The van der Waals surface area contributed by atoms with Crippen LogP contribution in [0.15, 0.2) is 30.5 Å². The molecule has 0 bridgehead atoms. The van der Waals surface area contributed by atoms with E-state index in [1.54, 1.807) is 4.68 Å². The summed E-state index contributed by atoms with van der Waals surface area (Å²) in [6, 6.07) is 7.89. The van der Waals surface area contributed by atoms with Crippen LogP contribution >= 0.6 is 0 Å². The summed E-state index contributed by atoms with van der Waals surface area (Å²) in [5, 5.41) is 5.33. The minimum absolute atomic E-state index is 0.455. The largest absolute Gasteiger partial charge is 0.490 e. The number of hydrogen-bond donors (Lipinski definition) is 2. The molecule has 3 N–H and O–H groups in total. The zero-order valence-electron chi connectivity index (χ0n) is 13.5. The number of aromatic amines is 1. The second-order valence-corrected chi connectivity index (χ2v) is 5.50. The monoisotopic (exact) mass is 314 g/mol. The zero-order chi connectivity index (χ0) is 16.2. The Balaban J connectivity index is 1.62. The van der Waals surface area contributed by atoms with E-state index in [1.807, 2.05) is 31.4 Å². The van der Waals surface area contributed by atoms with Gasteiger partial charge in [-0.05, 0) is 43.7 Å². The lowest BCUT2D eigenvalue weighted by Crippen LogP contribution is -2.09. The van der Waals surface area contributed by atoms with Crippen molar-refractivity contribution in [2.45, 2.75) is 13.3 Å². The van der Waals surface area contributed by atoms with Crippen molar-refractivity contribution in [1.29, 1.82) is 0 Å². The van der Waals surface area contributed by atoms with Gasteiger partial charge in [0.15, 0.2) is 0 Å². The number of aromatic nitrogens is 3. The Kier molecular flexibility index (Phi) is 4.52. The van der Waals surface area contributed by atoms with Crippen LogP contribution in [0.2, 0.25) is 0 Å². The molecule has 0 amide bonds. The molecule has 0 unspecified atom stereocenters. The molecule has 0 aliphatic carbocycles. The van der Waals surface area contributed by atoms with Gasteiger partial charge in [0.2, 0.25) is 5.88 Å². The number of ether oxygens (including phenoxy) is 2. The highest BCUT2D eigenvalue weighted by molar-refractivity contribution is 5.86. The second kappa shape index (κ2) is 6.75. The van der Waals surface area contributed by atoms with Crippen molar-refractivity contribution in [3.05, 3.63) is 41.7 Å². The molecule has 0 fully saturated rings. The number of benzene rings is 1. The Morgan fingerprint density at radius 3 is 2.78 bits per heavy atom. The minimum atomic E-state index is 0.455. The Bertz CT molecular complexity index is 791. The lowest BCUT2D eigenvalue weighted by molar-refractivity contribution is 0.211. The molecular weight excluding hydrogens is 292 g/mol. The summed E-state index contributed by atoms with van der Waals surface area (Å²) in [7, 11) is 1.86. The fourth-order valence-electron chi connectivity index (χ4n) is 2.69. The van der Waals surface area contributed by atoms with E-state index in [0.717, 1.165) is 17.7 Å². The highest BCUT2D eigenvalue weighted by Crippen LogP contribution is 2.26. The third-order valence-electron chi connectivity index (χ3n) is 3.78. The van der Waals surface area contributed by atoms with Crippen molar-refractivity contribution in [1.82, 2.24) is 14.8 Å². The van der Waals surface area contributed by atoms with E-state index in [0.29, 0.717) is 25.6 Å². The molecule has 23 heavy (non-hydrogen) atoms.